The molecule has 3 rings (SSSR count). The quantitative estimate of drug-likeness (QED) is 0.413. The van der Waals surface area contributed by atoms with Crippen LogP contribution in [0.15, 0.2) is 53.8 Å². The predicted octanol–water partition coefficient (Wildman–Crippen LogP) is 4.46. The van der Waals surface area contributed by atoms with Crippen LogP contribution in [0.5, 0.6) is 11.5 Å². The van der Waals surface area contributed by atoms with Crippen molar-refractivity contribution >= 4 is 17.7 Å². The van der Waals surface area contributed by atoms with Gasteiger partial charge in [-0.15, -0.1) is 0 Å². The molecule has 0 bridgehead atoms. The number of aryl methyl sites for hydroxylation is 1. The van der Waals surface area contributed by atoms with Crippen LogP contribution in [0.3, 0.4) is 0 Å². The predicted molar refractivity (Wildman–Crippen MR) is 119 cm³/mol. The van der Waals surface area contributed by atoms with Crippen LogP contribution in [0.25, 0.3) is 11.1 Å². The summed E-state index contributed by atoms with van der Waals surface area (Å²) in [7, 11) is 4.97. The summed E-state index contributed by atoms with van der Waals surface area (Å²) in [4.78, 5) is 24.0. The lowest BCUT2D eigenvalue weighted by atomic mass is 10.00. The maximum atomic E-state index is 13.4. The number of hydrogen-bond donors (Lipinski definition) is 0. The Bertz CT molecular complexity index is 1030. The van der Waals surface area contributed by atoms with Crippen LogP contribution in [-0.2, 0) is 6.54 Å². The van der Waals surface area contributed by atoms with Gasteiger partial charge < -0.3 is 14.4 Å². The SMILES string of the molecule is COc1cc(CN(C)C(=O)c2nc(SC)ncc2-c2ccccc2C)cc(OC)c1. The van der Waals surface area contributed by atoms with Crippen LogP contribution < -0.4 is 9.47 Å². The van der Waals surface area contributed by atoms with Gasteiger partial charge in [-0.1, -0.05) is 36.0 Å². The normalized spacial score (nSPS) is 10.6. The smallest absolute Gasteiger partial charge is 0.273 e. The Balaban J connectivity index is 1.97. The summed E-state index contributed by atoms with van der Waals surface area (Å²) in [5.74, 6) is 1.18. The molecule has 0 fully saturated rings. The van der Waals surface area contributed by atoms with Crippen molar-refractivity contribution in [3.05, 3.63) is 65.5 Å². The molecule has 1 aromatic heterocycles. The fourth-order valence-electron chi connectivity index (χ4n) is 3.18. The van der Waals surface area contributed by atoms with E-state index in [4.69, 9.17) is 9.47 Å². The molecule has 30 heavy (non-hydrogen) atoms. The molecule has 7 heteroatoms. The Morgan fingerprint density at radius 2 is 1.73 bits per heavy atom. The number of thioether (sulfide) groups is 1. The molecule has 0 N–H and O–H groups in total. The van der Waals surface area contributed by atoms with E-state index >= 15 is 0 Å². The van der Waals surface area contributed by atoms with Gasteiger partial charge in [-0.3, -0.25) is 4.79 Å². The van der Waals surface area contributed by atoms with Crippen LogP contribution in [0.4, 0.5) is 0 Å². The standard InChI is InChI=1S/C23H25N3O3S/c1-15-8-6-7-9-19(15)20-13-24-23(30-5)25-21(20)22(27)26(2)14-16-10-17(28-3)12-18(11-16)29-4/h6-13H,14H2,1-5H3. The van der Waals surface area contributed by atoms with Crippen LogP contribution in [0, 0.1) is 6.92 Å². The number of hydrogen-bond acceptors (Lipinski definition) is 6. The van der Waals surface area contributed by atoms with Gasteiger partial charge in [-0.2, -0.15) is 0 Å². The summed E-state index contributed by atoms with van der Waals surface area (Å²) < 4.78 is 10.7. The van der Waals surface area contributed by atoms with E-state index in [-0.39, 0.29) is 5.91 Å². The lowest BCUT2D eigenvalue weighted by Gasteiger charge is -2.20. The summed E-state index contributed by atoms with van der Waals surface area (Å²) in [6, 6.07) is 13.5. The highest BCUT2D eigenvalue weighted by Gasteiger charge is 2.21. The molecule has 0 aliphatic heterocycles. The average Bonchev–Trinajstić information content (AvgIpc) is 2.78. The Kier molecular flexibility index (Phi) is 6.95. The van der Waals surface area contributed by atoms with Crippen molar-refractivity contribution in [2.45, 2.75) is 18.6 Å². The van der Waals surface area contributed by atoms with Crippen molar-refractivity contribution in [3.8, 4) is 22.6 Å². The monoisotopic (exact) mass is 423 g/mol. The van der Waals surface area contributed by atoms with Gasteiger partial charge in [0.15, 0.2) is 5.16 Å². The van der Waals surface area contributed by atoms with Gasteiger partial charge >= 0.3 is 0 Å². The number of amides is 1. The highest BCUT2D eigenvalue weighted by Crippen LogP contribution is 2.28. The van der Waals surface area contributed by atoms with Gasteiger partial charge in [0.1, 0.15) is 17.2 Å². The molecule has 2 aromatic carbocycles. The number of carbonyl (C=O) groups excluding carboxylic acids is 1. The Morgan fingerprint density at radius 3 is 2.33 bits per heavy atom. The number of benzene rings is 2. The van der Waals surface area contributed by atoms with Crippen molar-refractivity contribution in [1.82, 2.24) is 14.9 Å². The molecule has 0 radical (unpaired) electrons. The van der Waals surface area contributed by atoms with Crippen LogP contribution >= 0.6 is 11.8 Å². The summed E-state index contributed by atoms with van der Waals surface area (Å²) in [6.45, 7) is 2.40. The van der Waals surface area contributed by atoms with Crippen molar-refractivity contribution < 1.29 is 14.3 Å². The van der Waals surface area contributed by atoms with Gasteiger partial charge in [0, 0.05) is 31.4 Å². The van der Waals surface area contributed by atoms with E-state index in [1.54, 1.807) is 38.4 Å². The molecule has 0 saturated heterocycles. The number of aromatic nitrogens is 2. The minimum Gasteiger partial charge on any atom is -0.497 e. The first-order valence-corrected chi connectivity index (χ1v) is 10.6. The van der Waals surface area contributed by atoms with Gasteiger partial charge in [0.25, 0.3) is 5.91 Å². The van der Waals surface area contributed by atoms with E-state index in [0.29, 0.717) is 28.9 Å². The lowest BCUT2D eigenvalue weighted by molar-refractivity contribution is 0.0779. The number of nitrogens with zero attached hydrogens (tertiary/aromatic N) is 3. The van der Waals surface area contributed by atoms with Gasteiger partial charge in [0.05, 0.1) is 14.2 Å². The first kappa shape index (κ1) is 21.6. The second-order valence-corrected chi connectivity index (χ2v) is 7.59. The van der Waals surface area contributed by atoms with E-state index < -0.39 is 0 Å². The Labute approximate surface area is 181 Å². The van der Waals surface area contributed by atoms with Crippen LogP contribution in [0.1, 0.15) is 21.6 Å². The zero-order valence-corrected chi connectivity index (χ0v) is 18.6. The van der Waals surface area contributed by atoms with E-state index in [9.17, 15) is 4.79 Å². The molecule has 0 aliphatic rings. The molecule has 0 aliphatic carbocycles. The topological polar surface area (TPSA) is 64.5 Å². The summed E-state index contributed by atoms with van der Waals surface area (Å²) in [6.07, 6.45) is 3.63. The van der Waals surface area contributed by atoms with Crippen molar-refractivity contribution in [1.29, 1.82) is 0 Å². The first-order chi connectivity index (χ1) is 14.5. The highest BCUT2D eigenvalue weighted by atomic mass is 32.2. The number of rotatable bonds is 7. The fourth-order valence-corrected chi connectivity index (χ4v) is 3.52. The largest absolute Gasteiger partial charge is 0.497 e. The van der Waals surface area contributed by atoms with E-state index in [1.807, 2.05) is 49.6 Å². The van der Waals surface area contributed by atoms with E-state index in [1.165, 1.54) is 11.8 Å². The molecule has 6 nitrogen and oxygen atoms in total. The third-order valence-corrected chi connectivity index (χ3v) is 5.33. The second-order valence-electron chi connectivity index (χ2n) is 6.82. The fraction of sp³-hybridized carbons (Fsp3) is 0.261. The van der Waals surface area contributed by atoms with E-state index in [0.717, 1.165) is 22.3 Å². The molecule has 156 valence electrons. The van der Waals surface area contributed by atoms with Crippen molar-refractivity contribution in [3.63, 3.8) is 0 Å². The Morgan fingerprint density at radius 1 is 1.07 bits per heavy atom. The third kappa shape index (κ3) is 4.74. The zero-order chi connectivity index (χ0) is 21.7. The average molecular weight is 424 g/mol. The molecule has 0 saturated carbocycles. The number of methoxy groups -OCH3 is 2. The summed E-state index contributed by atoms with van der Waals surface area (Å²) >= 11 is 1.41. The lowest BCUT2D eigenvalue weighted by Crippen LogP contribution is -2.28. The second kappa shape index (κ2) is 9.63. The molecule has 1 amide bonds. The molecule has 3 aromatic rings. The number of ether oxygens (including phenoxy) is 2. The van der Waals surface area contributed by atoms with Crippen molar-refractivity contribution in [2.24, 2.45) is 0 Å². The molecular weight excluding hydrogens is 398 g/mol. The summed E-state index contributed by atoms with van der Waals surface area (Å²) in [5, 5.41) is 0.562. The van der Waals surface area contributed by atoms with Crippen LogP contribution in [0.2, 0.25) is 0 Å². The molecule has 0 spiro atoms. The maximum absolute atomic E-state index is 13.4. The minimum atomic E-state index is -0.173. The van der Waals surface area contributed by atoms with Gasteiger partial charge in [-0.25, -0.2) is 9.97 Å². The molecule has 0 atom stereocenters. The van der Waals surface area contributed by atoms with Crippen LogP contribution in [-0.4, -0.2) is 48.3 Å². The third-order valence-electron chi connectivity index (χ3n) is 4.76. The molecule has 0 unspecified atom stereocenters. The maximum Gasteiger partial charge on any atom is 0.273 e. The number of carbonyl (C=O) groups is 1. The minimum absolute atomic E-state index is 0.173. The zero-order valence-electron chi connectivity index (χ0n) is 17.8. The first-order valence-electron chi connectivity index (χ1n) is 9.41. The van der Waals surface area contributed by atoms with Gasteiger partial charge in [0.2, 0.25) is 0 Å². The highest BCUT2D eigenvalue weighted by molar-refractivity contribution is 7.98. The molecular formula is C23H25N3O3S. The van der Waals surface area contributed by atoms with E-state index in [2.05, 4.69) is 9.97 Å². The molecule has 1 heterocycles. The Hall–Kier alpha value is -3.06. The van der Waals surface area contributed by atoms with Crippen molar-refractivity contribution in [2.75, 3.05) is 27.5 Å². The van der Waals surface area contributed by atoms with Gasteiger partial charge in [-0.05, 0) is 42.0 Å². The summed E-state index contributed by atoms with van der Waals surface area (Å²) in [5.41, 5.74) is 4.03.